The molecule has 1 aromatic carbocycles. The second-order valence-electron chi connectivity index (χ2n) is 6.48. The van der Waals surface area contributed by atoms with Crippen LogP contribution >= 0.6 is 11.3 Å². The number of hydrogen-bond acceptors (Lipinski definition) is 6. The second kappa shape index (κ2) is 7.55. The normalized spacial score (nSPS) is 18.2. The number of halogens is 1. The standard InChI is InChI=1S/C19H20FN3O2S/c1-24-16-7-6-13(10-15(16)20)11-23-8-2-4-14(12-23)19-21-18(22-25-19)17-5-3-9-26-17/h3,5-7,9-10,14H,2,4,8,11-12H2,1H3. The van der Waals surface area contributed by atoms with Gasteiger partial charge in [-0.3, -0.25) is 4.90 Å². The predicted molar refractivity (Wildman–Crippen MR) is 97.8 cm³/mol. The summed E-state index contributed by atoms with van der Waals surface area (Å²) in [6, 6.07) is 9.10. The topological polar surface area (TPSA) is 51.4 Å². The first kappa shape index (κ1) is 17.2. The van der Waals surface area contributed by atoms with Crippen molar-refractivity contribution in [2.45, 2.75) is 25.3 Å². The molecule has 1 aliphatic heterocycles. The molecule has 1 atom stereocenters. The molecular formula is C19H20FN3O2S. The van der Waals surface area contributed by atoms with E-state index in [-0.39, 0.29) is 17.5 Å². The predicted octanol–water partition coefficient (Wildman–Crippen LogP) is 4.33. The molecule has 136 valence electrons. The van der Waals surface area contributed by atoms with Gasteiger partial charge in [-0.2, -0.15) is 4.98 Å². The Morgan fingerprint density at radius 1 is 1.38 bits per heavy atom. The third-order valence-corrected chi connectivity index (χ3v) is 5.53. The molecule has 1 fully saturated rings. The number of benzene rings is 1. The Morgan fingerprint density at radius 3 is 3.08 bits per heavy atom. The van der Waals surface area contributed by atoms with Crippen LogP contribution in [-0.2, 0) is 6.54 Å². The van der Waals surface area contributed by atoms with Crippen molar-refractivity contribution >= 4 is 11.3 Å². The van der Waals surface area contributed by atoms with Gasteiger partial charge in [0, 0.05) is 13.1 Å². The highest BCUT2D eigenvalue weighted by Gasteiger charge is 2.26. The molecular weight excluding hydrogens is 353 g/mol. The van der Waals surface area contributed by atoms with Crippen molar-refractivity contribution in [3.8, 4) is 16.5 Å². The summed E-state index contributed by atoms with van der Waals surface area (Å²) in [4.78, 5) is 7.91. The quantitative estimate of drug-likeness (QED) is 0.666. The number of piperidine rings is 1. The van der Waals surface area contributed by atoms with Crippen molar-refractivity contribution in [1.82, 2.24) is 15.0 Å². The van der Waals surface area contributed by atoms with Crippen LogP contribution < -0.4 is 4.74 Å². The van der Waals surface area contributed by atoms with E-state index < -0.39 is 0 Å². The van der Waals surface area contributed by atoms with E-state index in [1.165, 1.54) is 7.11 Å². The van der Waals surface area contributed by atoms with Crippen LogP contribution in [0, 0.1) is 5.82 Å². The molecule has 0 bridgehead atoms. The number of nitrogens with zero attached hydrogens (tertiary/aromatic N) is 3. The summed E-state index contributed by atoms with van der Waals surface area (Å²) in [5, 5.41) is 6.12. The Labute approximate surface area is 155 Å². The van der Waals surface area contributed by atoms with Crippen LogP contribution in [0.2, 0.25) is 0 Å². The van der Waals surface area contributed by atoms with Crippen LogP contribution in [0.15, 0.2) is 40.2 Å². The molecule has 0 radical (unpaired) electrons. The van der Waals surface area contributed by atoms with E-state index in [4.69, 9.17) is 9.26 Å². The van der Waals surface area contributed by atoms with E-state index >= 15 is 0 Å². The molecule has 0 spiro atoms. The van der Waals surface area contributed by atoms with Gasteiger partial charge in [0.25, 0.3) is 0 Å². The Balaban J connectivity index is 1.43. The first-order valence-corrected chi connectivity index (χ1v) is 9.53. The monoisotopic (exact) mass is 373 g/mol. The fraction of sp³-hybridized carbons (Fsp3) is 0.368. The zero-order valence-corrected chi connectivity index (χ0v) is 15.3. The van der Waals surface area contributed by atoms with Crippen molar-refractivity contribution in [2.24, 2.45) is 0 Å². The maximum atomic E-state index is 13.9. The zero-order valence-electron chi connectivity index (χ0n) is 14.5. The summed E-state index contributed by atoms with van der Waals surface area (Å²) in [5.74, 6) is 1.52. The molecule has 4 rings (SSSR count). The van der Waals surface area contributed by atoms with Crippen LogP contribution in [0.3, 0.4) is 0 Å². The number of rotatable bonds is 5. The van der Waals surface area contributed by atoms with Crippen LogP contribution in [0.25, 0.3) is 10.7 Å². The van der Waals surface area contributed by atoms with Gasteiger partial charge in [0.1, 0.15) is 0 Å². The van der Waals surface area contributed by atoms with Gasteiger partial charge >= 0.3 is 0 Å². The number of hydrogen-bond donors (Lipinski definition) is 0. The van der Waals surface area contributed by atoms with Crippen LogP contribution in [-0.4, -0.2) is 35.2 Å². The molecule has 7 heteroatoms. The summed E-state index contributed by atoms with van der Waals surface area (Å²) in [7, 11) is 1.47. The van der Waals surface area contributed by atoms with Gasteiger partial charge in [0.15, 0.2) is 11.6 Å². The van der Waals surface area contributed by atoms with Gasteiger partial charge in [0.2, 0.25) is 11.7 Å². The van der Waals surface area contributed by atoms with Gasteiger partial charge < -0.3 is 9.26 Å². The Morgan fingerprint density at radius 2 is 2.31 bits per heavy atom. The largest absolute Gasteiger partial charge is 0.494 e. The minimum Gasteiger partial charge on any atom is -0.494 e. The van der Waals surface area contributed by atoms with Crippen LogP contribution in [0.4, 0.5) is 4.39 Å². The minimum atomic E-state index is -0.323. The smallest absolute Gasteiger partial charge is 0.231 e. The second-order valence-corrected chi connectivity index (χ2v) is 7.42. The molecule has 26 heavy (non-hydrogen) atoms. The third-order valence-electron chi connectivity index (χ3n) is 4.66. The highest BCUT2D eigenvalue weighted by Crippen LogP contribution is 2.30. The van der Waals surface area contributed by atoms with Crippen molar-refractivity contribution < 1.29 is 13.7 Å². The molecule has 0 N–H and O–H groups in total. The zero-order chi connectivity index (χ0) is 17.9. The first-order chi connectivity index (χ1) is 12.7. The third kappa shape index (κ3) is 3.64. The average Bonchev–Trinajstić information content (AvgIpc) is 3.34. The lowest BCUT2D eigenvalue weighted by atomic mass is 9.97. The molecule has 2 aromatic heterocycles. The van der Waals surface area contributed by atoms with E-state index in [9.17, 15) is 4.39 Å². The van der Waals surface area contributed by atoms with Gasteiger partial charge in [0.05, 0.1) is 17.9 Å². The van der Waals surface area contributed by atoms with Crippen LogP contribution in [0.1, 0.15) is 30.2 Å². The molecule has 0 saturated carbocycles. The molecule has 0 aliphatic carbocycles. The number of methoxy groups -OCH3 is 1. The van der Waals surface area contributed by atoms with E-state index in [2.05, 4.69) is 15.0 Å². The number of thiophene rings is 1. The van der Waals surface area contributed by atoms with E-state index in [1.54, 1.807) is 23.5 Å². The summed E-state index contributed by atoms with van der Waals surface area (Å²) < 4.78 is 24.4. The summed E-state index contributed by atoms with van der Waals surface area (Å²) >= 11 is 1.60. The highest BCUT2D eigenvalue weighted by atomic mass is 32.1. The van der Waals surface area contributed by atoms with Gasteiger partial charge in [-0.1, -0.05) is 17.3 Å². The van der Waals surface area contributed by atoms with Crippen molar-refractivity contribution in [3.05, 3.63) is 53.0 Å². The lowest BCUT2D eigenvalue weighted by molar-refractivity contribution is 0.180. The first-order valence-electron chi connectivity index (χ1n) is 8.65. The van der Waals surface area contributed by atoms with E-state index in [0.717, 1.165) is 36.4 Å². The lowest BCUT2D eigenvalue weighted by Crippen LogP contribution is -2.34. The van der Waals surface area contributed by atoms with Gasteiger partial charge in [-0.25, -0.2) is 4.39 Å². The van der Waals surface area contributed by atoms with Crippen molar-refractivity contribution in [1.29, 1.82) is 0 Å². The van der Waals surface area contributed by atoms with Gasteiger partial charge in [-0.05, 0) is 48.5 Å². The molecule has 5 nitrogen and oxygen atoms in total. The van der Waals surface area contributed by atoms with E-state index in [0.29, 0.717) is 18.3 Å². The fourth-order valence-corrected chi connectivity index (χ4v) is 4.02. The molecule has 1 saturated heterocycles. The Bertz CT molecular complexity index is 866. The Hall–Kier alpha value is -2.25. The summed E-state index contributed by atoms with van der Waals surface area (Å²) in [6.45, 7) is 2.51. The van der Waals surface area contributed by atoms with Gasteiger partial charge in [-0.15, -0.1) is 11.3 Å². The Kier molecular flexibility index (Phi) is 4.99. The molecule has 1 aliphatic rings. The van der Waals surface area contributed by atoms with Crippen molar-refractivity contribution in [3.63, 3.8) is 0 Å². The minimum absolute atomic E-state index is 0.216. The maximum Gasteiger partial charge on any atom is 0.231 e. The number of aromatic nitrogens is 2. The van der Waals surface area contributed by atoms with Crippen molar-refractivity contribution in [2.75, 3.05) is 20.2 Å². The number of ether oxygens (including phenoxy) is 1. The maximum absolute atomic E-state index is 13.9. The van der Waals surface area contributed by atoms with E-state index in [1.807, 2.05) is 23.6 Å². The van der Waals surface area contributed by atoms with Crippen LogP contribution in [0.5, 0.6) is 5.75 Å². The fourth-order valence-electron chi connectivity index (χ4n) is 3.37. The molecule has 3 heterocycles. The highest BCUT2D eigenvalue weighted by molar-refractivity contribution is 7.13. The lowest BCUT2D eigenvalue weighted by Gasteiger charge is -2.31. The molecule has 0 amide bonds. The summed E-state index contributed by atoms with van der Waals surface area (Å²) in [6.07, 6.45) is 2.08. The molecule has 1 unspecified atom stereocenters. The number of likely N-dealkylation sites (tertiary alicyclic amines) is 1. The average molecular weight is 373 g/mol. The summed E-state index contributed by atoms with van der Waals surface area (Å²) in [5.41, 5.74) is 0.939. The SMILES string of the molecule is COc1ccc(CN2CCCC(c3nc(-c4cccs4)no3)C2)cc1F. The molecule has 3 aromatic rings.